The largest absolute Gasteiger partial charge is 0.494 e. The highest BCUT2D eigenvalue weighted by molar-refractivity contribution is 7.91. The van der Waals surface area contributed by atoms with Gasteiger partial charge in [0.1, 0.15) is 5.75 Å². The van der Waals surface area contributed by atoms with Crippen molar-refractivity contribution in [1.29, 1.82) is 0 Å². The molecule has 144 valence electrons. The number of carbonyl (C=O) groups is 2. The van der Waals surface area contributed by atoms with Crippen molar-refractivity contribution in [2.24, 2.45) is 11.8 Å². The third-order valence-electron chi connectivity index (χ3n) is 4.41. The predicted octanol–water partition coefficient (Wildman–Crippen LogP) is 1.27. The number of carboxylic acid groups (broad SMARTS) is 1. The highest BCUT2D eigenvalue weighted by Crippen LogP contribution is 2.21. The van der Waals surface area contributed by atoms with Gasteiger partial charge in [0.05, 0.1) is 24.0 Å². The summed E-state index contributed by atoms with van der Waals surface area (Å²) in [5.41, 5.74) is 0.844. The molecule has 1 fully saturated rings. The predicted molar refractivity (Wildman–Crippen MR) is 96.8 cm³/mol. The Morgan fingerprint density at radius 3 is 2.54 bits per heavy atom. The number of carboxylic acids is 1. The first-order chi connectivity index (χ1) is 12.3. The summed E-state index contributed by atoms with van der Waals surface area (Å²) in [6.07, 6.45) is 0.902. The van der Waals surface area contributed by atoms with Crippen LogP contribution in [0.4, 0.5) is 0 Å². The number of benzene rings is 1. The Kier molecular flexibility index (Phi) is 7.02. The number of hydrogen-bond donors (Lipinski definition) is 2. The molecule has 1 aliphatic rings. The second-order valence-corrected chi connectivity index (χ2v) is 8.82. The number of amides is 1. The first kappa shape index (κ1) is 20.2. The summed E-state index contributed by atoms with van der Waals surface area (Å²) < 4.78 is 28.2. The molecule has 1 aliphatic heterocycles. The van der Waals surface area contributed by atoms with Crippen LogP contribution in [-0.2, 0) is 25.8 Å². The Morgan fingerprint density at radius 2 is 2.00 bits per heavy atom. The van der Waals surface area contributed by atoms with Crippen LogP contribution in [0.15, 0.2) is 24.3 Å². The van der Waals surface area contributed by atoms with E-state index in [1.165, 1.54) is 0 Å². The molecule has 0 aliphatic carbocycles. The zero-order valence-corrected chi connectivity index (χ0v) is 15.6. The van der Waals surface area contributed by atoms with Crippen LogP contribution in [0.3, 0.4) is 0 Å². The molecule has 2 unspecified atom stereocenters. The van der Waals surface area contributed by atoms with Gasteiger partial charge in [-0.25, -0.2) is 8.42 Å². The Hall–Kier alpha value is -2.09. The summed E-state index contributed by atoms with van der Waals surface area (Å²) in [5.74, 6) is -1.32. The Bertz CT molecular complexity index is 729. The van der Waals surface area contributed by atoms with Crippen LogP contribution < -0.4 is 10.1 Å². The van der Waals surface area contributed by atoms with Gasteiger partial charge in [0.15, 0.2) is 9.84 Å². The molecular weight excluding hydrogens is 358 g/mol. The molecule has 7 nitrogen and oxygen atoms in total. The molecule has 1 aromatic carbocycles. The van der Waals surface area contributed by atoms with Gasteiger partial charge >= 0.3 is 5.97 Å². The molecule has 1 aromatic rings. The smallest absolute Gasteiger partial charge is 0.308 e. The van der Waals surface area contributed by atoms with Crippen LogP contribution in [0.25, 0.3) is 0 Å². The van der Waals surface area contributed by atoms with Crippen molar-refractivity contribution in [3.63, 3.8) is 0 Å². The van der Waals surface area contributed by atoms with Gasteiger partial charge in [-0.2, -0.15) is 0 Å². The van der Waals surface area contributed by atoms with Gasteiger partial charge in [0.25, 0.3) is 0 Å². The minimum atomic E-state index is -3.02. The van der Waals surface area contributed by atoms with Crippen molar-refractivity contribution in [2.75, 3.05) is 24.7 Å². The lowest BCUT2D eigenvalue weighted by Crippen LogP contribution is -2.35. The molecule has 0 saturated carbocycles. The maximum atomic E-state index is 12.0. The zero-order chi connectivity index (χ0) is 19.2. The lowest BCUT2D eigenvalue weighted by Gasteiger charge is -2.15. The molecule has 1 heterocycles. The molecular formula is C18H25NO6S. The molecule has 2 atom stereocenters. The first-order valence-corrected chi connectivity index (χ1v) is 10.5. The average Bonchev–Trinajstić information content (AvgIpc) is 2.91. The molecule has 0 aromatic heterocycles. The van der Waals surface area contributed by atoms with Crippen molar-refractivity contribution in [3.05, 3.63) is 29.8 Å². The summed E-state index contributed by atoms with van der Waals surface area (Å²) in [7, 11) is -3.02. The number of carbonyl (C=O) groups excluding carboxylic acids is 1. The van der Waals surface area contributed by atoms with Crippen molar-refractivity contribution in [3.8, 4) is 5.75 Å². The van der Waals surface area contributed by atoms with E-state index in [-0.39, 0.29) is 36.3 Å². The molecule has 1 amide bonds. The summed E-state index contributed by atoms with van der Waals surface area (Å²) in [6, 6.07) is 7.20. The van der Waals surface area contributed by atoms with Crippen LogP contribution in [-0.4, -0.2) is 50.1 Å². The number of rotatable bonds is 9. The maximum absolute atomic E-state index is 12.0. The van der Waals surface area contributed by atoms with Gasteiger partial charge in [-0.05, 0) is 43.4 Å². The van der Waals surface area contributed by atoms with Gasteiger partial charge < -0.3 is 15.2 Å². The molecule has 1 saturated heterocycles. The van der Waals surface area contributed by atoms with Crippen LogP contribution in [0.5, 0.6) is 5.75 Å². The molecule has 0 radical (unpaired) electrons. The van der Waals surface area contributed by atoms with Gasteiger partial charge in [0, 0.05) is 13.0 Å². The second kappa shape index (κ2) is 9.02. The van der Waals surface area contributed by atoms with Gasteiger partial charge in [-0.3, -0.25) is 9.59 Å². The molecule has 8 heteroatoms. The fraction of sp³-hybridized carbons (Fsp3) is 0.556. The van der Waals surface area contributed by atoms with Crippen molar-refractivity contribution in [1.82, 2.24) is 5.32 Å². The van der Waals surface area contributed by atoms with Gasteiger partial charge in [0.2, 0.25) is 5.91 Å². The van der Waals surface area contributed by atoms with E-state index in [9.17, 15) is 23.1 Å². The normalized spacial score (nSPS) is 19.7. The fourth-order valence-corrected chi connectivity index (χ4v) is 4.89. The van der Waals surface area contributed by atoms with Gasteiger partial charge in [-0.15, -0.1) is 0 Å². The third-order valence-corrected chi connectivity index (χ3v) is 6.25. The van der Waals surface area contributed by atoms with E-state index in [2.05, 4.69) is 5.32 Å². The van der Waals surface area contributed by atoms with Crippen LogP contribution in [0.2, 0.25) is 0 Å². The third kappa shape index (κ3) is 6.33. The second-order valence-electron chi connectivity index (χ2n) is 6.59. The SMILES string of the molecule is CCOc1ccc(CC(CNC(=O)CC2CCS(=O)(=O)C2)C(=O)O)cc1. The fourth-order valence-electron chi connectivity index (χ4n) is 3.02. The zero-order valence-electron chi connectivity index (χ0n) is 14.8. The monoisotopic (exact) mass is 383 g/mol. The standard InChI is InChI=1S/C18H25NO6S/c1-2-25-16-5-3-13(4-6-16)9-15(18(21)22)11-19-17(20)10-14-7-8-26(23,24)12-14/h3-6,14-15H,2,7-12H2,1H3,(H,19,20)(H,21,22). The quantitative estimate of drug-likeness (QED) is 0.665. The Balaban J connectivity index is 1.84. The number of sulfone groups is 1. The first-order valence-electron chi connectivity index (χ1n) is 8.70. The van der Waals surface area contributed by atoms with E-state index in [4.69, 9.17) is 4.74 Å². The number of aliphatic carboxylic acids is 1. The van der Waals surface area contributed by atoms with Crippen molar-refractivity contribution in [2.45, 2.75) is 26.2 Å². The van der Waals surface area contributed by atoms with E-state index in [0.717, 1.165) is 11.3 Å². The number of ether oxygens (including phenoxy) is 1. The summed E-state index contributed by atoms with van der Waals surface area (Å²) in [4.78, 5) is 23.5. The minimum absolute atomic E-state index is 0.0147. The molecule has 0 spiro atoms. The van der Waals surface area contributed by atoms with Crippen molar-refractivity contribution < 1.29 is 27.9 Å². The van der Waals surface area contributed by atoms with Crippen LogP contribution in [0.1, 0.15) is 25.3 Å². The molecule has 26 heavy (non-hydrogen) atoms. The highest BCUT2D eigenvalue weighted by Gasteiger charge is 2.29. The lowest BCUT2D eigenvalue weighted by molar-refractivity contribution is -0.141. The van der Waals surface area contributed by atoms with E-state index in [0.29, 0.717) is 19.4 Å². The van der Waals surface area contributed by atoms with E-state index in [1.54, 1.807) is 12.1 Å². The van der Waals surface area contributed by atoms with Crippen LogP contribution in [0, 0.1) is 11.8 Å². The van der Waals surface area contributed by atoms with Crippen molar-refractivity contribution >= 4 is 21.7 Å². The molecule has 0 bridgehead atoms. The Labute approximate surface area is 153 Å². The molecule has 2 rings (SSSR count). The number of nitrogens with one attached hydrogen (secondary N) is 1. The topological polar surface area (TPSA) is 110 Å². The Morgan fingerprint density at radius 1 is 1.31 bits per heavy atom. The van der Waals surface area contributed by atoms with E-state index < -0.39 is 21.7 Å². The molecule has 2 N–H and O–H groups in total. The van der Waals surface area contributed by atoms with Crippen LogP contribution >= 0.6 is 0 Å². The summed E-state index contributed by atoms with van der Waals surface area (Å²) >= 11 is 0. The minimum Gasteiger partial charge on any atom is -0.494 e. The lowest BCUT2D eigenvalue weighted by atomic mass is 9.99. The average molecular weight is 383 g/mol. The summed E-state index contributed by atoms with van der Waals surface area (Å²) in [6.45, 7) is 2.46. The van der Waals surface area contributed by atoms with Gasteiger partial charge in [-0.1, -0.05) is 12.1 Å². The van der Waals surface area contributed by atoms with E-state index in [1.807, 2.05) is 19.1 Å². The van der Waals surface area contributed by atoms with E-state index >= 15 is 0 Å². The summed E-state index contributed by atoms with van der Waals surface area (Å²) in [5, 5.41) is 12.0. The number of hydrogen-bond acceptors (Lipinski definition) is 5. The maximum Gasteiger partial charge on any atom is 0.308 e. The highest BCUT2D eigenvalue weighted by atomic mass is 32.2.